The van der Waals surface area contributed by atoms with Crippen molar-refractivity contribution in [3.05, 3.63) is 63.8 Å². The molecule has 10 heteroatoms. The first-order chi connectivity index (χ1) is 16.4. The van der Waals surface area contributed by atoms with Crippen molar-refractivity contribution in [2.24, 2.45) is 0 Å². The van der Waals surface area contributed by atoms with Crippen LogP contribution in [-0.2, 0) is 0 Å². The molecule has 1 saturated heterocycles. The van der Waals surface area contributed by atoms with Crippen molar-refractivity contribution in [1.82, 2.24) is 14.9 Å². The second kappa shape index (κ2) is 9.29. The molecule has 0 spiro atoms. The number of nitrogens with zero attached hydrogens (tertiary/aromatic N) is 5. The molecular formula is C24H24Cl2N6O2. The summed E-state index contributed by atoms with van der Waals surface area (Å²) in [6.07, 6.45) is 1.45. The third-order valence-corrected chi connectivity index (χ3v) is 6.56. The van der Waals surface area contributed by atoms with Crippen molar-refractivity contribution < 1.29 is 9.53 Å². The number of anilines is 4. The van der Waals surface area contributed by atoms with Gasteiger partial charge in [0.25, 0.3) is 5.91 Å². The predicted molar refractivity (Wildman–Crippen MR) is 135 cm³/mol. The van der Waals surface area contributed by atoms with Crippen LogP contribution in [0.3, 0.4) is 0 Å². The third-order valence-electron chi connectivity index (χ3n) is 5.98. The van der Waals surface area contributed by atoms with Gasteiger partial charge in [-0.2, -0.15) is 4.98 Å². The van der Waals surface area contributed by atoms with E-state index in [2.05, 4.69) is 44.3 Å². The number of ether oxygens (including phenoxy) is 1. The average Bonchev–Trinajstić information content (AvgIpc) is 2.81. The fourth-order valence-electron chi connectivity index (χ4n) is 4.08. The molecule has 0 bridgehead atoms. The summed E-state index contributed by atoms with van der Waals surface area (Å²) in [5.41, 5.74) is 3.59. The molecular weight excluding hydrogens is 475 g/mol. The maximum atomic E-state index is 13.1. The second-order valence-electron chi connectivity index (χ2n) is 8.46. The molecule has 0 atom stereocenters. The minimum absolute atomic E-state index is 0.0511. The number of aryl methyl sites for hydroxylation is 1. The Morgan fingerprint density at radius 1 is 1.03 bits per heavy atom. The number of carbonyl (C=O) groups excluding carboxylic acids is 1. The highest BCUT2D eigenvalue weighted by molar-refractivity contribution is 6.40. The maximum absolute atomic E-state index is 13.1. The number of hydrogen-bond donors (Lipinski definition) is 1. The topological polar surface area (TPSA) is 73.8 Å². The lowest BCUT2D eigenvalue weighted by Gasteiger charge is -2.34. The number of piperazine rings is 1. The molecule has 2 aromatic carbocycles. The largest absolute Gasteiger partial charge is 0.455 e. The number of likely N-dealkylation sites (N-methyl/N-ethyl adjacent to an activating group) is 1. The van der Waals surface area contributed by atoms with Crippen LogP contribution in [-0.4, -0.2) is 60.7 Å². The van der Waals surface area contributed by atoms with E-state index in [1.807, 2.05) is 19.1 Å². The number of aromatic nitrogens is 2. The molecule has 0 saturated carbocycles. The fourth-order valence-corrected chi connectivity index (χ4v) is 4.88. The SMILES string of the molecule is Cc1cc(Cl)c(N2COc3nc(Nc4ccc(N5CCN(C)CC5)cc4)ncc3C2=O)c(Cl)c1. The van der Waals surface area contributed by atoms with Crippen LogP contribution in [0.15, 0.2) is 42.6 Å². The van der Waals surface area contributed by atoms with Crippen molar-refractivity contribution in [3.8, 4) is 5.88 Å². The van der Waals surface area contributed by atoms with E-state index in [4.69, 9.17) is 27.9 Å². The molecule has 3 aromatic rings. The van der Waals surface area contributed by atoms with Crippen LogP contribution in [0, 0.1) is 6.92 Å². The minimum Gasteiger partial charge on any atom is -0.455 e. The highest BCUT2D eigenvalue weighted by atomic mass is 35.5. The molecule has 1 aromatic heterocycles. The van der Waals surface area contributed by atoms with E-state index >= 15 is 0 Å². The van der Waals surface area contributed by atoms with E-state index in [0.717, 1.165) is 37.4 Å². The van der Waals surface area contributed by atoms with E-state index < -0.39 is 0 Å². The fraction of sp³-hybridized carbons (Fsp3) is 0.292. The van der Waals surface area contributed by atoms with Crippen molar-refractivity contribution >= 4 is 52.1 Å². The Kier molecular flexibility index (Phi) is 6.20. The molecule has 8 nitrogen and oxygen atoms in total. The Morgan fingerprint density at radius 2 is 1.71 bits per heavy atom. The summed E-state index contributed by atoms with van der Waals surface area (Å²) >= 11 is 12.7. The number of carbonyl (C=O) groups is 1. The molecule has 34 heavy (non-hydrogen) atoms. The molecule has 3 heterocycles. The maximum Gasteiger partial charge on any atom is 0.268 e. The molecule has 0 radical (unpaired) electrons. The molecule has 5 rings (SSSR count). The summed E-state index contributed by atoms with van der Waals surface area (Å²) in [7, 11) is 2.14. The average molecular weight is 499 g/mol. The monoisotopic (exact) mass is 498 g/mol. The molecule has 2 aliphatic heterocycles. The Morgan fingerprint density at radius 3 is 2.38 bits per heavy atom. The quantitative estimate of drug-likeness (QED) is 0.563. The number of fused-ring (bicyclic) bond motifs is 1. The van der Waals surface area contributed by atoms with Gasteiger partial charge in [0, 0.05) is 43.8 Å². The van der Waals surface area contributed by atoms with Gasteiger partial charge in [-0.15, -0.1) is 0 Å². The molecule has 1 fully saturated rings. The second-order valence-corrected chi connectivity index (χ2v) is 9.27. The Bertz CT molecular complexity index is 1210. The zero-order chi connectivity index (χ0) is 23.8. The van der Waals surface area contributed by atoms with E-state index in [1.54, 1.807) is 12.1 Å². The van der Waals surface area contributed by atoms with Gasteiger partial charge in [-0.25, -0.2) is 4.98 Å². The molecule has 0 aliphatic carbocycles. The number of amides is 1. The van der Waals surface area contributed by atoms with Gasteiger partial charge in [-0.1, -0.05) is 23.2 Å². The van der Waals surface area contributed by atoms with Crippen LogP contribution in [0.2, 0.25) is 10.0 Å². The molecule has 176 valence electrons. The van der Waals surface area contributed by atoms with Gasteiger partial charge in [0.15, 0.2) is 6.73 Å². The van der Waals surface area contributed by atoms with Crippen molar-refractivity contribution in [3.63, 3.8) is 0 Å². The number of nitrogens with one attached hydrogen (secondary N) is 1. The Labute approximate surface area is 208 Å². The summed E-state index contributed by atoms with van der Waals surface area (Å²) in [5.74, 6) is 0.239. The first-order valence-electron chi connectivity index (χ1n) is 11.0. The van der Waals surface area contributed by atoms with Crippen LogP contribution in [0.4, 0.5) is 23.0 Å². The summed E-state index contributed by atoms with van der Waals surface area (Å²) in [5, 5.41) is 3.94. The van der Waals surface area contributed by atoms with E-state index in [1.165, 1.54) is 16.8 Å². The first-order valence-corrected chi connectivity index (χ1v) is 11.7. The van der Waals surface area contributed by atoms with E-state index in [0.29, 0.717) is 21.7 Å². The minimum atomic E-state index is -0.322. The lowest BCUT2D eigenvalue weighted by Crippen LogP contribution is -2.44. The highest BCUT2D eigenvalue weighted by Gasteiger charge is 2.31. The Hall–Kier alpha value is -3.07. The summed E-state index contributed by atoms with van der Waals surface area (Å²) in [4.78, 5) is 27.9. The summed E-state index contributed by atoms with van der Waals surface area (Å²) in [6.45, 7) is 5.97. The Balaban J connectivity index is 1.31. The van der Waals surface area contributed by atoms with Crippen LogP contribution in [0.5, 0.6) is 5.88 Å². The molecule has 1 amide bonds. The van der Waals surface area contributed by atoms with E-state index in [-0.39, 0.29) is 24.1 Å². The zero-order valence-corrected chi connectivity index (χ0v) is 20.4. The van der Waals surface area contributed by atoms with Crippen molar-refractivity contribution in [2.45, 2.75) is 6.92 Å². The summed E-state index contributed by atoms with van der Waals surface area (Å²) < 4.78 is 5.77. The number of benzene rings is 2. The number of rotatable bonds is 4. The normalized spacial score (nSPS) is 16.3. The van der Waals surface area contributed by atoms with Crippen LogP contribution < -0.4 is 19.9 Å². The third kappa shape index (κ3) is 4.49. The highest BCUT2D eigenvalue weighted by Crippen LogP contribution is 2.38. The van der Waals surface area contributed by atoms with Crippen LogP contribution >= 0.6 is 23.2 Å². The number of halogens is 2. The standard InChI is InChI=1S/C24H24Cl2N6O2/c1-15-11-19(25)21(20(26)12-15)32-14-34-22-18(23(32)33)13-27-24(29-22)28-16-3-5-17(6-4-16)31-9-7-30(2)8-10-31/h3-6,11-13H,7-10,14H2,1-2H3,(H,27,28,29). The van der Waals surface area contributed by atoms with Gasteiger partial charge in [0.1, 0.15) is 5.56 Å². The van der Waals surface area contributed by atoms with E-state index in [9.17, 15) is 4.79 Å². The van der Waals surface area contributed by atoms with Crippen molar-refractivity contribution in [1.29, 1.82) is 0 Å². The van der Waals surface area contributed by atoms with Gasteiger partial charge in [0.05, 0.1) is 15.7 Å². The van der Waals surface area contributed by atoms with Gasteiger partial charge < -0.3 is 19.9 Å². The first kappa shape index (κ1) is 22.7. The van der Waals surface area contributed by atoms with Gasteiger partial charge in [0.2, 0.25) is 11.8 Å². The zero-order valence-electron chi connectivity index (χ0n) is 18.9. The lowest BCUT2D eigenvalue weighted by molar-refractivity contribution is 0.0932. The smallest absolute Gasteiger partial charge is 0.268 e. The van der Waals surface area contributed by atoms with Gasteiger partial charge in [-0.05, 0) is 55.9 Å². The predicted octanol–water partition coefficient (Wildman–Crippen LogP) is 4.58. The number of hydrogen-bond acceptors (Lipinski definition) is 7. The summed E-state index contributed by atoms with van der Waals surface area (Å²) in [6, 6.07) is 11.7. The van der Waals surface area contributed by atoms with Gasteiger partial charge in [-0.3, -0.25) is 9.69 Å². The van der Waals surface area contributed by atoms with Crippen LogP contribution in [0.25, 0.3) is 0 Å². The lowest BCUT2D eigenvalue weighted by atomic mass is 10.2. The molecule has 1 N–H and O–H groups in total. The van der Waals surface area contributed by atoms with Crippen molar-refractivity contribution in [2.75, 3.05) is 55.1 Å². The van der Waals surface area contributed by atoms with Crippen LogP contribution in [0.1, 0.15) is 15.9 Å². The molecule has 2 aliphatic rings. The van der Waals surface area contributed by atoms with Gasteiger partial charge >= 0.3 is 0 Å². The molecule has 0 unspecified atom stereocenters.